The Morgan fingerprint density at radius 1 is 1.47 bits per heavy atom. The highest BCUT2D eigenvalue weighted by Crippen LogP contribution is 2.25. The molecule has 0 unspecified atom stereocenters. The second kappa shape index (κ2) is 3.90. The fourth-order valence-electron chi connectivity index (χ4n) is 1.25. The number of nitrogens with zero attached hydrogens (tertiary/aromatic N) is 2. The highest BCUT2D eigenvalue weighted by atomic mass is 32.1. The van der Waals surface area contributed by atoms with E-state index in [1.54, 1.807) is 13.1 Å². The maximum Gasteiger partial charge on any atom is 0.160 e. The fraction of sp³-hybridized carbons (Fsp3) is 0.182. The molecule has 0 bridgehead atoms. The van der Waals surface area contributed by atoms with Gasteiger partial charge < -0.3 is 0 Å². The highest BCUT2D eigenvalue weighted by molar-refractivity contribution is 7.13. The molecular formula is C11H10N2OS. The summed E-state index contributed by atoms with van der Waals surface area (Å²) in [5.41, 5.74) is 1.62. The van der Waals surface area contributed by atoms with Crippen LogP contribution in [0.2, 0.25) is 0 Å². The Bertz CT molecular complexity index is 505. The van der Waals surface area contributed by atoms with Crippen molar-refractivity contribution in [1.82, 2.24) is 9.97 Å². The summed E-state index contributed by atoms with van der Waals surface area (Å²) < 4.78 is 0. The number of ketones is 1. The van der Waals surface area contributed by atoms with E-state index in [4.69, 9.17) is 0 Å². The molecule has 3 nitrogen and oxygen atoms in total. The second-order valence-electron chi connectivity index (χ2n) is 3.24. The molecule has 0 aliphatic heterocycles. The molecule has 0 atom stereocenters. The van der Waals surface area contributed by atoms with Crippen molar-refractivity contribution < 1.29 is 4.79 Å². The van der Waals surface area contributed by atoms with Gasteiger partial charge in [0.2, 0.25) is 0 Å². The molecule has 2 aromatic rings. The maximum atomic E-state index is 11.1. The van der Waals surface area contributed by atoms with Crippen LogP contribution in [-0.4, -0.2) is 15.8 Å². The van der Waals surface area contributed by atoms with Crippen molar-refractivity contribution in [2.24, 2.45) is 0 Å². The predicted octanol–water partition coefficient (Wildman–Crippen LogP) is 2.72. The summed E-state index contributed by atoms with van der Waals surface area (Å²) in [5.74, 6) is 0.827. The molecule has 2 heterocycles. The first-order valence-corrected chi connectivity index (χ1v) is 5.44. The predicted molar refractivity (Wildman–Crippen MR) is 60.1 cm³/mol. The lowest BCUT2D eigenvalue weighted by Crippen LogP contribution is -1.89. The normalized spacial score (nSPS) is 10.3. The zero-order valence-corrected chi connectivity index (χ0v) is 9.34. The van der Waals surface area contributed by atoms with Crippen molar-refractivity contribution >= 4 is 17.1 Å². The summed E-state index contributed by atoms with van der Waals surface area (Å²) in [6.45, 7) is 3.42. The molecule has 0 saturated heterocycles. The van der Waals surface area contributed by atoms with Gasteiger partial charge in [0.15, 0.2) is 5.78 Å². The van der Waals surface area contributed by atoms with E-state index in [9.17, 15) is 4.79 Å². The van der Waals surface area contributed by atoms with E-state index in [2.05, 4.69) is 9.97 Å². The summed E-state index contributed by atoms with van der Waals surface area (Å²) >= 11 is 1.53. The molecule has 0 N–H and O–H groups in total. The lowest BCUT2D eigenvalue weighted by molar-refractivity contribution is 0.101. The van der Waals surface area contributed by atoms with Crippen LogP contribution in [0.3, 0.4) is 0 Å². The minimum absolute atomic E-state index is 0.0864. The number of carbonyl (C=O) groups is 1. The van der Waals surface area contributed by atoms with Crippen molar-refractivity contribution in [2.45, 2.75) is 13.8 Å². The molecule has 2 rings (SSSR count). The van der Waals surface area contributed by atoms with Gasteiger partial charge in [-0.2, -0.15) is 0 Å². The molecule has 15 heavy (non-hydrogen) atoms. The number of aromatic nitrogens is 2. The molecule has 0 spiro atoms. The van der Waals surface area contributed by atoms with E-state index in [1.807, 2.05) is 24.4 Å². The molecule has 0 amide bonds. The molecule has 4 heteroatoms. The monoisotopic (exact) mass is 218 g/mol. The first kappa shape index (κ1) is 9.98. The lowest BCUT2D eigenvalue weighted by Gasteiger charge is -1.96. The van der Waals surface area contributed by atoms with Crippen LogP contribution in [0.15, 0.2) is 23.7 Å². The first-order chi connectivity index (χ1) is 7.16. The van der Waals surface area contributed by atoms with Crippen molar-refractivity contribution in [3.8, 4) is 10.6 Å². The zero-order chi connectivity index (χ0) is 10.8. The van der Waals surface area contributed by atoms with Gasteiger partial charge >= 0.3 is 0 Å². The van der Waals surface area contributed by atoms with Crippen LogP contribution in [0.1, 0.15) is 23.1 Å². The van der Waals surface area contributed by atoms with Crippen LogP contribution in [0, 0.1) is 6.92 Å². The average Bonchev–Trinajstić information content (AvgIpc) is 2.66. The van der Waals surface area contributed by atoms with Crippen molar-refractivity contribution in [2.75, 3.05) is 0 Å². The highest BCUT2D eigenvalue weighted by Gasteiger charge is 2.06. The second-order valence-corrected chi connectivity index (χ2v) is 4.16. The summed E-state index contributed by atoms with van der Waals surface area (Å²) in [5, 5.41) is 1.86. The topological polar surface area (TPSA) is 42.9 Å². The van der Waals surface area contributed by atoms with E-state index >= 15 is 0 Å². The Kier molecular flexibility index (Phi) is 2.60. The Balaban J connectivity index is 2.41. The molecule has 0 aliphatic carbocycles. The van der Waals surface area contributed by atoms with Gasteiger partial charge in [-0.3, -0.25) is 4.79 Å². The van der Waals surface area contributed by atoms with Crippen LogP contribution in [0.5, 0.6) is 0 Å². The van der Waals surface area contributed by atoms with Gasteiger partial charge in [-0.15, -0.1) is 11.3 Å². The molecule has 0 aromatic carbocycles. The van der Waals surface area contributed by atoms with Crippen molar-refractivity contribution in [3.05, 3.63) is 35.1 Å². The van der Waals surface area contributed by atoms with Crippen LogP contribution < -0.4 is 0 Å². The van der Waals surface area contributed by atoms with Gasteiger partial charge in [-0.05, 0) is 26.0 Å². The molecule has 2 aromatic heterocycles. The zero-order valence-electron chi connectivity index (χ0n) is 8.52. The van der Waals surface area contributed by atoms with Gasteiger partial charge in [0.1, 0.15) is 5.82 Å². The molecule has 0 radical (unpaired) electrons. The number of hydrogen-bond acceptors (Lipinski definition) is 4. The third-order valence-electron chi connectivity index (χ3n) is 2.03. The van der Waals surface area contributed by atoms with Gasteiger partial charge in [0.05, 0.1) is 10.6 Å². The molecular weight excluding hydrogens is 208 g/mol. The van der Waals surface area contributed by atoms with Crippen LogP contribution in [0.25, 0.3) is 10.6 Å². The van der Waals surface area contributed by atoms with E-state index < -0.39 is 0 Å². The Hall–Kier alpha value is -1.55. The fourth-order valence-corrected chi connectivity index (χ4v) is 2.17. The quantitative estimate of drug-likeness (QED) is 0.728. The van der Waals surface area contributed by atoms with Crippen LogP contribution in [0.4, 0.5) is 0 Å². The van der Waals surface area contributed by atoms with Crippen molar-refractivity contribution in [1.29, 1.82) is 0 Å². The van der Waals surface area contributed by atoms with Gasteiger partial charge in [-0.1, -0.05) is 0 Å². The third kappa shape index (κ3) is 2.10. The summed E-state index contributed by atoms with van der Waals surface area (Å²) in [4.78, 5) is 20.5. The smallest absolute Gasteiger partial charge is 0.160 e. The minimum Gasteiger partial charge on any atom is -0.294 e. The Labute approximate surface area is 91.8 Å². The Morgan fingerprint density at radius 3 is 2.87 bits per heavy atom. The Morgan fingerprint density at radius 2 is 2.27 bits per heavy atom. The maximum absolute atomic E-state index is 11.1. The molecule has 76 valence electrons. The molecule has 0 saturated carbocycles. The molecule has 0 fully saturated rings. The van der Waals surface area contributed by atoms with Crippen LogP contribution >= 0.6 is 11.3 Å². The number of rotatable bonds is 2. The van der Waals surface area contributed by atoms with Gasteiger partial charge in [0.25, 0.3) is 0 Å². The third-order valence-corrected chi connectivity index (χ3v) is 2.99. The lowest BCUT2D eigenvalue weighted by atomic mass is 10.2. The standard InChI is InChI=1S/C11H10N2OS/c1-7(14)9-5-11(15-6-9)10-3-4-12-8(2)13-10/h3-6H,1-2H3. The number of hydrogen-bond donors (Lipinski definition) is 0. The minimum atomic E-state index is 0.0864. The van der Waals surface area contributed by atoms with Crippen LogP contribution in [-0.2, 0) is 0 Å². The SMILES string of the molecule is CC(=O)c1csc(-c2ccnc(C)n2)c1. The summed E-state index contributed by atoms with van der Waals surface area (Å²) in [7, 11) is 0. The number of Topliss-reactive ketones (excluding diaryl/α,β-unsaturated/α-hetero) is 1. The van der Waals surface area contributed by atoms with E-state index in [0.717, 1.165) is 22.0 Å². The van der Waals surface area contributed by atoms with E-state index in [-0.39, 0.29) is 5.78 Å². The summed E-state index contributed by atoms with van der Waals surface area (Å²) in [6.07, 6.45) is 1.73. The number of thiophene rings is 1. The number of aryl methyl sites for hydroxylation is 1. The van der Waals surface area contributed by atoms with E-state index in [0.29, 0.717) is 0 Å². The molecule has 0 aliphatic rings. The number of carbonyl (C=O) groups excluding carboxylic acids is 1. The van der Waals surface area contributed by atoms with Crippen molar-refractivity contribution in [3.63, 3.8) is 0 Å². The van der Waals surface area contributed by atoms with Gasteiger partial charge in [-0.25, -0.2) is 9.97 Å². The largest absolute Gasteiger partial charge is 0.294 e. The average molecular weight is 218 g/mol. The van der Waals surface area contributed by atoms with E-state index in [1.165, 1.54) is 11.3 Å². The first-order valence-electron chi connectivity index (χ1n) is 4.56. The summed E-state index contributed by atoms with van der Waals surface area (Å²) in [6, 6.07) is 3.72. The van der Waals surface area contributed by atoms with Gasteiger partial charge in [0, 0.05) is 17.1 Å².